The summed E-state index contributed by atoms with van der Waals surface area (Å²) in [6.07, 6.45) is 0. The average molecular weight is 533 g/mol. The summed E-state index contributed by atoms with van der Waals surface area (Å²) >= 11 is 0. The van der Waals surface area contributed by atoms with Gasteiger partial charge in [-0.1, -0.05) is 91.0 Å². The summed E-state index contributed by atoms with van der Waals surface area (Å²) in [5.74, 6) is 0. The van der Waals surface area contributed by atoms with Crippen molar-refractivity contribution in [1.82, 2.24) is 8.97 Å². The Labute approximate surface area is 241 Å². The topological polar surface area (TPSA) is 9.34 Å². The van der Waals surface area contributed by atoms with Crippen LogP contribution >= 0.6 is 0 Å². The molecule has 0 unspecified atom stereocenters. The lowest BCUT2D eigenvalue weighted by molar-refractivity contribution is 1.18. The fraction of sp³-hybridized carbons (Fsp3) is 0. The van der Waals surface area contributed by atoms with Crippen LogP contribution in [0.4, 0.5) is 0 Å². The lowest BCUT2D eigenvalue weighted by Crippen LogP contribution is -1.92. The first-order valence-electron chi connectivity index (χ1n) is 14.5. The number of aromatic nitrogens is 2. The molecule has 0 aliphatic rings. The van der Waals surface area contributed by atoms with Crippen LogP contribution < -0.4 is 0 Å². The molecule has 0 saturated heterocycles. The highest BCUT2D eigenvalue weighted by atomic mass is 15.0. The maximum Gasteiger partial charge on any atom is 0.0620 e. The van der Waals surface area contributed by atoms with Gasteiger partial charge in [-0.25, -0.2) is 0 Å². The summed E-state index contributed by atoms with van der Waals surface area (Å²) in [5.41, 5.74) is 9.97. The van der Waals surface area contributed by atoms with Crippen LogP contribution in [0.25, 0.3) is 87.5 Å². The second kappa shape index (κ2) is 7.99. The molecule has 0 amide bonds. The van der Waals surface area contributed by atoms with Crippen molar-refractivity contribution < 1.29 is 0 Å². The lowest BCUT2D eigenvalue weighted by Gasteiger charge is -2.08. The second-order valence-electron chi connectivity index (χ2n) is 11.4. The fourth-order valence-corrected chi connectivity index (χ4v) is 7.35. The van der Waals surface area contributed by atoms with E-state index in [1.54, 1.807) is 0 Å². The summed E-state index contributed by atoms with van der Waals surface area (Å²) in [6.45, 7) is 0. The van der Waals surface area contributed by atoms with Gasteiger partial charge in [0.15, 0.2) is 0 Å². The van der Waals surface area contributed by atoms with Crippen LogP contribution in [0.1, 0.15) is 0 Å². The predicted molar refractivity (Wildman–Crippen MR) is 178 cm³/mol. The van der Waals surface area contributed by atoms with E-state index in [2.05, 4.69) is 155 Å². The standard InChI is InChI=1S/C40H24N2/c1-2-11-29(12-3-1)41-36-16-7-6-13-30(36)33-22-27(17-19-37(33)41)28-18-20-38-34(23-28)31-14-8-15-32-35-21-25-9-4-5-10-26(25)24-39(35)42(38)40(31)32/h1-24H. The molecular formula is C40H24N2. The number of nitrogens with zero attached hydrogens (tertiary/aromatic N) is 2. The molecule has 0 fully saturated rings. The van der Waals surface area contributed by atoms with Crippen molar-refractivity contribution in [2.45, 2.75) is 0 Å². The van der Waals surface area contributed by atoms with Crippen LogP contribution in [-0.4, -0.2) is 8.97 Å². The molecule has 0 atom stereocenters. The first-order chi connectivity index (χ1) is 20.8. The van der Waals surface area contributed by atoms with E-state index >= 15 is 0 Å². The minimum atomic E-state index is 1.18. The highest BCUT2D eigenvalue weighted by Gasteiger charge is 2.19. The number of benzene rings is 7. The lowest BCUT2D eigenvalue weighted by atomic mass is 10.00. The molecule has 0 spiro atoms. The largest absolute Gasteiger partial charge is 0.309 e. The Morgan fingerprint density at radius 1 is 0.333 bits per heavy atom. The Bertz CT molecular complexity index is 2670. The molecule has 0 N–H and O–H groups in total. The summed E-state index contributed by atoms with van der Waals surface area (Å²) in [4.78, 5) is 0. The minimum Gasteiger partial charge on any atom is -0.309 e. The van der Waals surface area contributed by atoms with E-state index in [1.807, 2.05) is 0 Å². The zero-order valence-electron chi connectivity index (χ0n) is 22.8. The molecule has 3 aromatic heterocycles. The molecule has 3 heterocycles. The Balaban J connectivity index is 1.23. The average Bonchev–Trinajstić information content (AvgIpc) is 3.68. The van der Waals surface area contributed by atoms with Gasteiger partial charge >= 0.3 is 0 Å². The quantitative estimate of drug-likeness (QED) is 0.209. The summed E-state index contributed by atoms with van der Waals surface area (Å²) < 4.78 is 4.85. The van der Waals surface area contributed by atoms with Gasteiger partial charge in [-0.15, -0.1) is 0 Å². The summed E-state index contributed by atoms with van der Waals surface area (Å²) in [6, 6.07) is 53.5. The molecule has 42 heavy (non-hydrogen) atoms. The highest BCUT2D eigenvalue weighted by molar-refractivity contribution is 6.25. The van der Waals surface area contributed by atoms with Crippen molar-refractivity contribution in [3.63, 3.8) is 0 Å². The van der Waals surface area contributed by atoms with Crippen molar-refractivity contribution in [1.29, 1.82) is 0 Å². The normalized spacial score (nSPS) is 12.3. The van der Waals surface area contributed by atoms with Gasteiger partial charge in [0.1, 0.15) is 0 Å². The Kier molecular flexibility index (Phi) is 4.21. The van der Waals surface area contributed by atoms with Gasteiger partial charge in [0, 0.05) is 38.0 Å². The molecule has 0 bridgehead atoms. The van der Waals surface area contributed by atoms with Gasteiger partial charge in [0.2, 0.25) is 0 Å². The van der Waals surface area contributed by atoms with E-state index < -0.39 is 0 Å². The smallest absolute Gasteiger partial charge is 0.0620 e. The predicted octanol–water partition coefficient (Wildman–Crippen LogP) is 10.8. The monoisotopic (exact) mass is 532 g/mol. The molecule has 2 heteroatoms. The molecule has 0 aliphatic heterocycles. The van der Waals surface area contributed by atoms with Gasteiger partial charge in [0.05, 0.1) is 27.6 Å². The molecule has 10 aromatic rings. The van der Waals surface area contributed by atoms with Crippen molar-refractivity contribution in [2.75, 3.05) is 0 Å². The second-order valence-corrected chi connectivity index (χ2v) is 11.4. The zero-order valence-corrected chi connectivity index (χ0v) is 22.8. The first-order valence-corrected chi connectivity index (χ1v) is 14.5. The molecular weight excluding hydrogens is 508 g/mol. The van der Waals surface area contributed by atoms with Crippen molar-refractivity contribution in [3.8, 4) is 16.8 Å². The number of para-hydroxylation sites is 3. The van der Waals surface area contributed by atoms with Crippen LogP contribution in [0.15, 0.2) is 146 Å². The SMILES string of the molecule is c1ccc(-n2c3ccccc3c3cc(-c4ccc5c(c4)c4cccc6c7cc8ccccc8cc7n5c46)ccc32)cc1. The van der Waals surface area contributed by atoms with Gasteiger partial charge in [-0.05, 0) is 76.5 Å². The van der Waals surface area contributed by atoms with Crippen LogP contribution in [0, 0.1) is 0 Å². The van der Waals surface area contributed by atoms with E-state index in [1.165, 1.54) is 87.5 Å². The minimum absolute atomic E-state index is 1.18. The summed E-state index contributed by atoms with van der Waals surface area (Å²) in [7, 11) is 0. The van der Waals surface area contributed by atoms with Crippen LogP contribution in [0.2, 0.25) is 0 Å². The molecule has 2 nitrogen and oxygen atoms in total. The first kappa shape index (κ1) is 22.1. The Hall–Kier alpha value is -5.60. The van der Waals surface area contributed by atoms with E-state index in [9.17, 15) is 0 Å². The van der Waals surface area contributed by atoms with Crippen molar-refractivity contribution in [2.24, 2.45) is 0 Å². The third-order valence-corrected chi connectivity index (χ3v) is 9.20. The third kappa shape index (κ3) is 2.83. The molecule has 194 valence electrons. The number of fused-ring (bicyclic) bond motifs is 10. The molecule has 0 saturated carbocycles. The summed E-state index contributed by atoms with van der Waals surface area (Å²) in [5, 5.41) is 10.4. The van der Waals surface area contributed by atoms with Gasteiger partial charge < -0.3 is 8.97 Å². The Morgan fingerprint density at radius 2 is 0.905 bits per heavy atom. The number of hydrogen-bond donors (Lipinski definition) is 0. The van der Waals surface area contributed by atoms with Gasteiger partial charge in [-0.2, -0.15) is 0 Å². The van der Waals surface area contributed by atoms with E-state index in [-0.39, 0.29) is 0 Å². The van der Waals surface area contributed by atoms with Crippen molar-refractivity contribution in [3.05, 3.63) is 146 Å². The maximum absolute atomic E-state index is 2.47. The van der Waals surface area contributed by atoms with Crippen molar-refractivity contribution >= 4 is 70.7 Å². The maximum atomic E-state index is 2.47. The fourth-order valence-electron chi connectivity index (χ4n) is 7.35. The third-order valence-electron chi connectivity index (χ3n) is 9.20. The van der Waals surface area contributed by atoms with E-state index in [0.29, 0.717) is 0 Å². The molecule has 10 rings (SSSR count). The van der Waals surface area contributed by atoms with Crippen LogP contribution in [0.3, 0.4) is 0 Å². The molecule has 7 aromatic carbocycles. The zero-order chi connectivity index (χ0) is 27.4. The molecule has 0 aliphatic carbocycles. The highest BCUT2D eigenvalue weighted by Crippen LogP contribution is 2.42. The van der Waals surface area contributed by atoms with E-state index in [0.717, 1.165) is 0 Å². The van der Waals surface area contributed by atoms with Gasteiger partial charge in [-0.3, -0.25) is 0 Å². The number of rotatable bonds is 2. The van der Waals surface area contributed by atoms with E-state index in [4.69, 9.17) is 0 Å². The molecule has 0 radical (unpaired) electrons. The van der Waals surface area contributed by atoms with Crippen LogP contribution in [0.5, 0.6) is 0 Å². The van der Waals surface area contributed by atoms with Gasteiger partial charge in [0.25, 0.3) is 0 Å². The Morgan fingerprint density at radius 3 is 1.69 bits per heavy atom. The number of hydrogen-bond acceptors (Lipinski definition) is 0. The van der Waals surface area contributed by atoms with Crippen LogP contribution in [-0.2, 0) is 0 Å².